The van der Waals surface area contributed by atoms with E-state index in [9.17, 15) is 57.5 Å². The van der Waals surface area contributed by atoms with Gasteiger partial charge in [0.1, 0.15) is 54.4 Å². The van der Waals surface area contributed by atoms with E-state index in [1.807, 2.05) is 0 Å². The van der Waals surface area contributed by atoms with Crippen LogP contribution in [0.2, 0.25) is 0 Å². The number of hydrogen-bond acceptors (Lipinski definition) is 33. The molecule has 0 radical (unpaired) electrons. The summed E-state index contributed by atoms with van der Waals surface area (Å²) in [5.74, 6) is -41.9. The van der Waals surface area contributed by atoms with Crippen molar-refractivity contribution >= 4 is 153 Å². The zero-order chi connectivity index (χ0) is 96.4. The summed E-state index contributed by atoms with van der Waals surface area (Å²) in [6.45, 7) is 7.49. The summed E-state index contributed by atoms with van der Waals surface area (Å²) in [6, 6.07) is 6.42. The zero-order valence-corrected chi connectivity index (χ0v) is 72.8. The van der Waals surface area contributed by atoms with Crippen molar-refractivity contribution in [2.24, 2.45) is 0 Å². The monoisotopic (exact) mass is 1920 g/mol. The Morgan fingerprint density at radius 2 is 0.492 bits per heavy atom. The van der Waals surface area contributed by atoms with E-state index in [0.717, 1.165) is 132 Å². The van der Waals surface area contributed by atoms with Gasteiger partial charge in [-0.3, -0.25) is 62.5 Å². The number of aromatic nitrogens is 5. The average molecular weight is 1920 g/mol. The number of hydrogen-bond donors (Lipinski definition) is 2. The third-order valence-corrected chi connectivity index (χ3v) is 23.3. The largest absolute Gasteiger partial charge is 0.463 e. The van der Waals surface area contributed by atoms with E-state index in [0.29, 0.717) is 0 Å². The van der Waals surface area contributed by atoms with Crippen LogP contribution in [0.25, 0.3) is 90.9 Å². The van der Waals surface area contributed by atoms with Gasteiger partial charge in [0, 0.05) is 140 Å². The van der Waals surface area contributed by atoms with Crippen molar-refractivity contribution in [1.82, 2.24) is 24.9 Å². The van der Waals surface area contributed by atoms with Gasteiger partial charge in [-0.2, -0.15) is 0 Å². The molecule has 700 valence electrons. The Labute approximate surface area is 749 Å². The molecule has 0 unspecified atom stereocenters. The standard InChI is InChI=1S/C85H71F12N5O27S3/c1-28(103)115-25-49-71(118-31(4)106)74(121-34(7)109)77(124-37(10)112)83(127-49)130-80-65(92)59(86)56(60(87)66(80)93)53-43-15-13-41(99-43)52(40-21-23-98-24-22-40)42-14-16-44(100-42)54(57-61(88)67(94)81(68(95)62(57)89)131-84-78(125-38(11)113)75(122-35(8)110)72(119-32(5)107)50(128-84)26-116-29(2)104)46-18-20-48(102-46)55(47-19-17-45(53)101-47)58-63(90)69(96)82(70(97)64(58)91)132-85-79(126-39(12)114)76(123-36(9)111)73(120-33(6)108)51(129-85)27-117-30(3)105/h13-24,49-51,71-79,83-85,99,102H,25-27H2,1-12H3/t49-,50-,51-,71-,72-,73-,74+,75+,76+,77-,78-,79-,83+,84+,85+/m1/s1. The van der Waals surface area contributed by atoms with E-state index < -0.39 is 333 Å². The molecule has 7 aromatic rings. The number of nitrogens with one attached hydrogen (secondary N) is 2. The lowest BCUT2D eigenvalue weighted by Crippen LogP contribution is -2.61. The van der Waals surface area contributed by atoms with Crippen LogP contribution in [0, 0.1) is 69.8 Å². The Hall–Kier alpha value is -12.9. The third-order valence-electron chi connectivity index (χ3n) is 19.7. The Balaban J connectivity index is 1.15. The number of nitrogens with zero attached hydrogens (tertiary/aromatic N) is 3. The number of pyridine rings is 1. The smallest absolute Gasteiger partial charge is 0.303 e. The van der Waals surface area contributed by atoms with Crippen LogP contribution >= 0.6 is 35.3 Å². The predicted molar refractivity (Wildman–Crippen MR) is 431 cm³/mol. The van der Waals surface area contributed by atoms with Crippen molar-refractivity contribution in [2.45, 2.75) is 187 Å². The lowest BCUT2D eigenvalue weighted by Gasteiger charge is -2.44. The predicted octanol–water partition coefficient (Wildman–Crippen LogP) is 12.9. The van der Waals surface area contributed by atoms with Crippen LogP contribution in [-0.2, 0) is 129 Å². The number of carbonyl (C=O) groups is 12. The molecule has 12 rings (SSSR count). The first-order valence-corrected chi connectivity index (χ1v) is 41.5. The fraction of sp³-hybridized carbons (Fsp3) is 0.353. The molecule has 15 atom stereocenters. The van der Waals surface area contributed by atoms with Gasteiger partial charge in [-0.25, -0.2) is 62.7 Å². The van der Waals surface area contributed by atoms with E-state index in [-0.39, 0.29) is 57.6 Å². The number of benzene rings is 3. The van der Waals surface area contributed by atoms with Gasteiger partial charge < -0.3 is 81.0 Å². The van der Waals surface area contributed by atoms with Gasteiger partial charge in [-0.15, -0.1) is 0 Å². The van der Waals surface area contributed by atoms with Crippen LogP contribution in [-0.4, -0.2) is 206 Å². The molecule has 9 heterocycles. The molecule has 5 aliphatic heterocycles. The fourth-order valence-corrected chi connectivity index (χ4v) is 18.3. The topological polar surface area (TPSA) is 414 Å². The number of fused-ring (bicyclic) bond motifs is 8. The maximum Gasteiger partial charge on any atom is 0.303 e. The maximum absolute atomic E-state index is 18.4. The van der Waals surface area contributed by atoms with Crippen LogP contribution in [0.4, 0.5) is 52.7 Å². The first-order valence-electron chi connectivity index (χ1n) is 38.9. The summed E-state index contributed by atoms with van der Waals surface area (Å²) in [7, 11) is 0. The molecule has 47 heteroatoms. The minimum atomic E-state index is -2.46. The van der Waals surface area contributed by atoms with E-state index in [4.69, 9.17) is 71.1 Å². The second-order valence-corrected chi connectivity index (χ2v) is 32.5. The average Bonchev–Trinajstić information content (AvgIpc) is 1.50. The SMILES string of the molecule is CC(=O)OC[C@H]1O[C@@H](Sc2c(F)c(F)c(-c3c4nc(c(-c5c(F)c(F)c(S[C@@H]6O[C@H](COC(C)=O)[C@@H](OC(C)=O)[C@H](OC(C)=O)[C@H]6OC(C)=O)c(F)c5F)c5ccc([nH]5)c(-c5c(F)c(F)c(S[C@@H]6O[C@H](COC(C)=O)[C@@H](OC(C)=O)[C@H](OC(C)=O)[C@H]6OC(C)=O)c(F)c5F)c5nc(c(-c6ccncc6)c6ccc3[nH]6)C=C5)C=C4)c(F)c2F)[C@H](OC(C)=O)[C@@H](OC(C)=O)[C@@H]1OC(C)=O. The molecule has 3 aromatic carbocycles. The lowest BCUT2D eigenvalue weighted by atomic mass is 9.99. The first-order chi connectivity index (χ1) is 62.3. The second kappa shape index (κ2) is 40.9. The Morgan fingerprint density at radius 1 is 0.280 bits per heavy atom. The minimum Gasteiger partial charge on any atom is -0.463 e. The summed E-state index contributed by atoms with van der Waals surface area (Å²) in [6.07, 6.45) is -17.5. The van der Waals surface area contributed by atoms with E-state index in [1.54, 1.807) is 0 Å². The highest BCUT2D eigenvalue weighted by Gasteiger charge is 2.57. The molecule has 132 heavy (non-hydrogen) atoms. The highest BCUT2D eigenvalue weighted by atomic mass is 32.2. The van der Waals surface area contributed by atoms with E-state index in [2.05, 4.69) is 24.9 Å². The molecule has 0 spiro atoms. The normalized spacial score (nSPS) is 22.0. The molecule has 32 nitrogen and oxygen atoms in total. The summed E-state index contributed by atoms with van der Waals surface area (Å²) in [4.78, 5) is 165. The van der Waals surface area contributed by atoms with Crippen LogP contribution in [0.5, 0.6) is 0 Å². The van der Waals surface area contributed by atoms with E-state index in [1.165, 1.54) is 24.5 Å². The molecule has 4 aromatic heterocycles. The van der Waals surface area contributed by atoms with Crippen molar-refractivity contribution in [3.05, 3.63) is 141 Å². The van der Waals surface area contributed by atoms with Gasteiger partial charge in [0.05, 0.1) is 54.2 Å². The second-order valence-electron chi connectivity index (χ2n) is 29.2. The molecule has 2 N–H and O–H groups in total. The number of aromatic amines is 2. The Kier molecular flexibility index (Phi) is 30.4. The van der Waals surface area contributed by atoms with Crippen molar-refractivity contribution in [3.63, 3.8) is 0 Å². The molecule has 0 saturated carbocycles. The summed E-state index contributed by atoms with van der Waals surface area (Å²) in [5, 5.41) is 0. The number of H-pyrrole nitrogens is 2. The van der Waals surface area contributed by atoms with Crippen molar-refractivity contribution in [2.75, 3.05) is 19.8 Å². The van der Waals surface area contributed by atoms with Crippen LogP contribution in [0.3, 0.4) is 0 Å². The molecule has 3 fully saturated rings. The zero-order valence-electron chi connectivity index (χ0n) is 70.3. The molecular weight excluding hydrogens is 1850 g/mol. The number of rotatable bonds is 25. The van der Waals surface area contributed by atoms with E-state index >= 15 is 52.7 Å². The number of ether oxygens (including phenoxy) is 15. The summed E-state index contributed by atoms with van der Waals surface area (Å²) in [5.41, 5.74) is -20.9. The number of esters is 12. The van der Waals surface area contributed by atoms with Crippen LogP contribution < -0.4 is 0 Å². The first kappa shape index (κ1) is 98.2. The molecule has 0 amide bonds. The molecule has 0 aliphatic carbocycles. The highest BCUT2D eigenvalue weighted by molar-refractivity contribution is 8.00. The molecule has 3 saturated heterocycles. The van der Waals surface area contributed by atoms with Gasteiger partial charge in [-0.05, 0) is 66.3 Å². The van der Waals surface area contributed by atoms with Gasteiger partial charge in [0.15, 0.2) is 125 Å². The quantitative estimate of drug-likeness (QED) is 0.0232. The minimum absolute atomic E-state index is 0.0874. The number of carbonyl (C=O) groups excluding carboxylic acids is 12. The Bertz CT molecular complexity index is 5900. The van der Waals surface area contributed by atoms with Crippen LogP contribution in [0.1, 0.15) is 106 Å². The van der Waals surface area contributed by atoms with Gasteiger partial charge >= 0.3 is 71.6 Å². The summed E-state index contributed by atoms with van der Waals surface area (Å²) < 4.78 is 299. The van der Waals surface area contributed by atoms with Crippen molar-refractivity contribution in [1.29, 1.82) is 0 Å². The van der Waals surface area contributed by atoms with Gasteiger partial charge in [0.2, 0.25) is 0 Å². The van der Waals surface area contributed by atoms with Crippen molar-refractivity contribution < 1.29 is 181 Å². The molecule has 8 bridgehead atoms. The van der Waals surface area contributed by atoms with Crippen LogP contribution in [0.15, 0.2) is 63.5 Å². The highest BCUT2D eigenvalue weighted by Crippen LogP contribution is 2.51. The Morgan fingerprint density at radius 3 is 0.720 bits per heavy atom. The maximum atomic E-state index is 18.4. The molecule has 5 aliphatic rings. The number of halogens is 12. The third kappa shape index (κ3) is 21.0. The molecular formula is C85H71F12N5O27S3. The lowest BCUT2D eigenvalue weighted by molar-refractivity contribution is -0.237. The van der Waals surface area contributed by atoms with Gasteiger partial charge in [0.25, 0.3) is 0 Å². The van der Waals surface area contributed by atoms with Gasteiger partial charge in [-0.1, -0.05) is 35.3 Å². The van der Waals surface area contributed by atoms with Crippen molar-refractivity contribution in [3.8, 4) is 44.5 Å². The fourth-order valence-electron chi connectivity index (χ4n) is 14.8. The number of thioether (sulfide) groups is 3. The summed E-state index contributed by atoms with van der Waals surface area (Å²) >= 11 is -0.821.